The Balaban J connectivity index is 2.38. The van der Waals surface area contributed by atoms with Crippen LogP contribution in [0.1, 0.15) is 13.3 Å². The standard InChI is InChI=1S/C9H16N2O3S/c1-2-3-4-5-10-15(12,13)11-6-8-14-9-7-11/h10H,4-9H2,1H3. The average Bonchev–Trinajstić information content (AvgIpc) is 2.26. The highest BCUT2D eigenvalue weighted by Crippen LogP contribution is 2.02. The van der Waals surface area contributed by atoms with E-state index in [0.29, 0.717) is 39.3 Å². The average molecular weight is 232 g/mol. The summed E-state index contributed by atoms with van der Waals surface area (Å²) >= 11 is 0. The minimum absolute atomic E-state index is 0.362. The number of nitrogens with zero attached hydrogens (tertiary/aromatic N) is 1. The molecule has 0 atom stereocenters. The summed E-state index contributed by atoms with van der Waals surface area (Å²) in [7, 11) is -3.33. The van der Waals surface area contributed by atoms with Gasteiger partial charge in [0.25, 0.3) is 10.2 Å². The van der Waals surface area contributed by atoms with Crippen molar-refractivity contribution in [1.82, 2.24) is 9.03 Å². The molecule has 1 aliphatic rings. The topological polar surface area (TPSA) is 58.6 Å². The van der Waals surface area contributed by atoms with Gasteiger partial charge >= 0.3 is 0 Å². The van der Waals surface area contributed by atoms with Crippen LogP contribution in [-0.2, 0) is 14.9 Å². The first-order valence-electron chi connectivity index (χ1n) is 4.89. The summed E-state index contributed by atoms with van der Waals surface area (Å²) in [4.78, 5) is 0. The molecule has 0 aliphatic carbocycles. The molecule has 6 heteroatoms. The van der Waals surface area contributed by atoms with Crippen molar-refractivity contribution in [2.75, 3.05) is 32.8 Å². The van der Waals surface area contributed by atoms with E-state index in [1.165, 1.54) is 4.31 Å². The van der Waals surface area contributed by atoms with Crippen LogP contribution in [0.2, 0.25) is 0 Å². The van der Waals surface area contributed by atoms with Crippen LogP contribution >= 0.6 is 0 Å². The van der Waals surface area contributed by atoms with Crippen molar-refractivity contribution in [2.45, 2.75) is 13.3 Å². The van der Waals surface area contributed by atoms with Crippen LogP contribution < -0.4 is 4.72 Å². The maximum absolute atomic E-state index is 11.7. The molecule has 0 aromatic carbocycles. The number of hydrogen-bond acceptors (Lipinski definition) is 3. The zero-order chi connectivity index (χ0) is 11.1. The fraction of sp³-hybridized carbons (Fsp3) is 0.778. The second-order valence-electron chi connectivity index (χ2n) is 3.09. The summed E-state index contributed by atoms with van der Waals surface area (Å²) in [6, 6.07) is 0. The lowest BCUT2D eigenvalue weighted by Gasteiger charge is -2.25. The second kappa shape index (κ2) is 6.08. The van der Waals surface area contributed by atoms with Crippen molar-refractivity contribution >= 4 is 10.2 Å². The predicted molar refractivity (Wildman–Crippen MR) is 57.4 cm³/mol. The van der Waals surface area contributed by atoms with Crippen molar-refractivity contribution in [3.8, 4) is 11.8 Å². The van der Waals surface area contributed by atoms with Crippen LogP contribution in [0.3, 0.4) is 0 Å². The van der Waals surface area contributed by atoms with E-state index in [0.717, 1.165) is 0 Å². The molecule has 0 radical (unpaired) electrons. The Morgan fingerprint density at radius 3 is 2.67 bits per heavy atom. The minimum atomic E-state index is -3.33. The van der Waals surface area contributed by atoms with Crippen LogP contribution in [0.25, 0.3) is 0 Å². The van der Waals surface area contributed by atoms with Crippen LogP contribution in [-0.4, -0.2) is 45.6 Å². The molecule has 86 valence electrons. The third-order valence-corrected chi connectivity index (χ3v) is 3.64. The first-order valence-corrected chi connectivity index (χ1v) is 6.33. The van der Waals surface area contributed by atoms with E-state index in [1.807, 2.05) is 0 Å². The van der Waals surface area contributed by atoms with E-state index < -0.39 is 10.2 Å². The Hall–Kier alpha value is -0.610. The molecule has 1 rings (SSSR count). The van der Waals surface area contributed by atoms with Gasteiger partial charge < -0.3 is 4.74 Å². The molecule has 15 heavy (non-hydrogen) atoms. The van der Waals surface area contributed by atoms with E-state index in [-0.39, 0.29) is 0 Å². The van der Waals surface area contributed by atoms with Crippen LogP contribution in [0.15, 0.2) is 0 Å². The molecule has 0 aromatic rings. The molecule has 1 saturated heterocycles. The lowest BCUT2D eigenvalue weighted by Crippen LogP contribution is -2.46. The zero-order valence-corrected chi connectivity index (χ0v) is 9.64. The number of morpholine rings is 1. The van der Waals surface area contributed by atoms with Crippen molar-refractivity contribution in [1.29, 1.82) is 0 Å². The predicted octanol–water partition coefficient (Wildman–Crippen LogP) is -0.434. The monoisotopic (exact) mass is 232 g/mol. The van der Waals surface area contributed by atoms with Gasteiger partial charge in [-0.05, 0) is 6.92 Å². The van der Waals surface area contributed by atoms with Gasteiger partial charge in [-0.15, -0.1) is 11.8 Å². The Kier molecular flexibility index (Phi) is 5.05. The quantitative estimate of drug-likeness (QED) is 0.528. The van der Waals surface area contributed by atoms with Crippen LogP contribution in [0, 0.1) is 11.8 Å². The Labute approximate surface area is 91.0 Å². The number of ether oxygens (including phenoxy) is 1. The van der Waals surface area contributed by atoms with Gasteiger partial charge in [0.05, 0.1) is 13.2 Å². The van der Waals surface area contributed by atoms with E-state index in [4.69, 9.17) is 4.74 Å². The van der Waals surface area contributed by atoms with Gasteiger partial charge in [0.15, 0.2) is 0 Å². The molecule has 0 amide bonds. The largest absolute Gasteiger partial charge is 0.379 e. The lowest BCUT2D eigenvalue weighted by atomic mass is 10.4. The van der Waals surface area contributed by atoms with Crippen LogP contribution in [0.4, 0.5) is 0 Å². The third-order valence-electron chi connectivity index (χ3n) is 2.02. The molecule has 1 heterocycles. The minimum Gasteiger partial charge on any atom is -0.379 e. The Bertz CT molecular complexity index is 336. The van der Waals surface area contributed by atoms with Crippen LogP contribution in [0.5, 0.6) is 0 Å². The SMILES string of the molecule is CC#CCCNS(=O)(=O)N1CCOCC1. The van der Waals surface area contributed by atoms with Gasteiger partial charge in [-0.2, -0.15) is 12.7 Å². The fourth-order valence-electron chi connectivity index (χ4n) is 1.25. The van der Waals surface area contributed by atoms with Crippen molar-refractivity contribution in [3.63, 3.8) is 0 Å². The summed E-state index contributed by atoms with van der Waals surface area (Å²) < 4.78 is 32.3. The smallest absolute Gasteiger partial charge is 0.279 e. The molecule has 0 spiro atoms. The van der Waals surface area contributed by atoms with Gasteiger partial charge in [0, 0.05) is 26.1 Å². The summed E-state index contributed by atoms with van der Waals surface area (Å²) in [5.74, 6) is 5.52. The molecule has 0 saturated carbocycles. The molecule has 0 bridgehead atoms. The Morgan fingerprint density at radius 2 is 2.07 bits per heavy atom. The number of rotatable bonds is 4. The zero-order valence-electron chi connectivity index (χ0n) is 8.82. The fourth-order valence-corrected chi connectivity index (χ4v) is 2.42. The Morgan fingerprint density at radius 1 is 1.40 bits per heavy atom. The maximum Gasteiger partial charge on any atom is 0.279 e. The molecule has 1 N–H and O–H groups in total. The maximum atomic E-state index is 11.7. The summed E-state index contributed by atoms with van der Waals surface area (Å²) in [5, 5.41) is 0. The highest BCUT2D eigenvalue weighted by Gasteiger charge is 2.23. The summed E-state index contributed by atoms with van der Waals surface area (Å²) in [6.45, 7) is 3.88. The highest BCUT2D eigenvalue weighted by molar-refractivity contribution is 7.87. The van der Waals surface area contributed by atoms with Gasteiger partial charge in [-0.3, -0.25) is 0 Å². The third kappa shape index (κ3) is 4.18. The molecular weight excluding hydrogens is 216 g/mol. The lowest BCUT2D eigenvalue weighted by molar-refractivity contribution is 0.0725. The summed E-state index contributed by atoms with van der Waals surface area (Å²) in [5.41, 5.74) is 0. The van der Waals surface area contributed by atoms with E-state index >= 15 is 0 Å². The van der Waals surface area contributed by atoms with Gasteiger partial charge in [0.2, 0.25) is 0 Å². The normalized spacial score (nSPS) is 18.2. The molecule has 1 aliphatic heterocycles. The number of hydrogen-bond donors (Lipinski definition) is 1. The number of nitrogens with one attached hydrogen (secondary N) is 1. The van der Waals surface area contributed by atoms with Crippen molar-refractivity contribution in [3.05, 3.63) is 0 Å². The molecule has 0 aromatic heterocycles. The van der Waals surface area contributed by atoms with E-state index in [2.05, 4.69) is 16.6 Å². The van der Waals surface area contributed by atoms with E-state index in [9.17, 15) is 8.42 Å². The van der Waals surface area contributed by atoms with Gasteiger partial charge in [-0.1, -0.05) is 0 Å². The molecule has 5 nitrogen and oxygen atoms in total. The van der Waals surface area contributed by atoms with Gasteiger partial charge in [0.1, 0.15) is 0 Å². The molecule has 1 fully saturated rings. The second-order valence-corrected chi connectivity index (χ2v) is 4.84. The molecular formula is C9H16N2O3S. The molecule has 0 unspecified atom stereocenters. The van der Waals surface area contributed by atoms with Crippen molar-refractivity contribution < 1.29 is 13.2 Å². The van der Waals surface area contributed by atoms with E-state index in [1.54, 1.807) is 6.92 Å². The first-order chi connectivity index (χ1) is 7.17. The first kappa shape index (κ1) is 12.5. The highest BCUT2D eigenvalue weighted by atomic mass is 32.2. The summed E-state index contributed by atoms with van der Waals surface area (Å²) in [6.07, 6.45) is 0.542. The van der Waals surface area contributed by atoms with Crippen molar-refractivity contribution in [2.24, 2.45) is 0 Å². The van der Waals surface area contributed by atoms with Gasteiger partial charge in [-0.25, -0.2) is 4.72 Å².